The summed E-state index contributed by atoms with van der Waals surface area (Å²) in [6, 6.07) is 15.3. The molecule has 1 heterocycles. The van der Waals surface area contributed by atoms with E-state index in [1.807, 2.05) is 48.5 Å². The third-order valence-electron chi connectivity index (χ3n) is 4.96. The van der Waals surface area contributed by atoms with Gasteiger partial charge in [0.1, 0.15) is 0 Å². The average Bonchev–Trinajstić information content (AvgIpc) is 2.78. The topological polar surface area (TPSA) is 61.9 Å². The van der Waals surface area contributed by atoms with Crippen molar-refractivity contribution in [1.29, 1.82) is 0 Å². The Labute approximate surface area is 185 Å². The van der Waals surface area contributed by atoms with E-state index < -0.39 is 5.97 Å². The highest BCUT2D eigenvalue weighted by Crippen LogP contribution is 2.19. The maximum atomic E-state index is 12.1. The van der Waals surface area contributed by atoms with Crippen LogP contribution in [-0.4, -0.2) is 56.1 Å². The molecule has 0 atom stereocenters. The first-order valence-electron chi connectivity index (χ1n) is 10.0. The number of halogens is 1. The lowest BCUT2D eigenvalue weighted by Crippen LogP contribution is -2.46. The number of carbonyl (C=O) groups excluding carboxylic acids is 2. The lowest BCUT2D eigenvalue weighted by Gasteiger charge is -2.35. The molecule has 1 saturated heterocycles. The van der Waals surface area contributed by atoms with Crippen molar-refractivity contribution in [1.82, 2.24) is 4.90 Å². The number of rotatable bonds is 7. The molecule has 158 valence electrons. The minimum Gasteiger partial charge on any atom is -0.452 e. The van der Waals surface area contributed by atoms with Crippen molar-refractivity contribution in [2.75, 3.05) is 49.5 Å². The van der Waals surface area contributed by atoms with Gasteiger partial charge < -0.3 is 19.9 Å². The van der Waals surface area contributed by atoms with Crippen molar-refractivity contribution in [3.63, 3.8) is 0 Å². The van der Waals surface area contributed by atoms with Crippen LogP contribution in [0.5, 0.6) is 0 Å². The standard InChI is InChI=1S/C23H26BrN3O3/c1-2-26-13-15-27(16-14-26)21-10-8-20(9-11-21)25-22(28)17-30-23(29)12-5-18-3-6-19(24)7-4-18/h3-12H,2,13-17H2,1H3,(H,25,28)/b12-5+. The van der Waals surface area contributed by atoms with Crippen LogP contribution in [0.4, 0.5) is 11.4 Å². The molecule has 0 radical (unpaired) electrons. The number of nitrogens with one attached hydrogen (secondary N) is 1. The van der Waals surface area contributed by atoms with Crippen LogP contribution in [0.2, 0.25) is 0 Å². The molecule has 0 spiro atoms. The van der Waals surface area contributed by atoms with Gasteiger partial charge in [-0.3, -0.25) is 4.79 Å². The average molecular weight is 472 g/mol. The molecule has 3 rings (SSSR count). The SMILES string of the molecule is CCN1CCN(c2ccc(NC(=O)COC(=O)/C=C/c3ccc(Br)cc3)cc2)CC1. The van der Waals surface area contributed by atoms with Crippen molar-refractivity contribution in [3.8, 4) is 0 Å². The van der Waals surface area contributed by atoms with E-state index in [2.05, 4.69) is 38.0 Å². The predicted octanol–water partition coefficient (Wildman–Crippen LogP) is 3.79. The Morgan fingerprint density at radius 2 is 1.70 bits per heavy atom. The fraction of sp³-hybridized carbons (Fsp3) is 0.304. The number of hydrogen-bond donors (Lipinski definition) is 1. The fourth-order valence-electron chi connectivity index (χ4n) is 3.20. The summed E-state index contributed by atoms with van der Waals surface area (Å²) in [4.78, 5) is 28.6. The number of carbonyl (C=O) groups is 2. The molecule has 0 saturated carbocycles. The number of likely N-dealkylation sites (N-methyl/N-ethyl adjacent to an activating group) is 1. The number of esters is 1. The minimum atomic E-state index is -0.561. The van der Waals surface area contributed by atoms with Crippen LogP contribution < -0.4 is 10.2 Å². The van der Waals surface area contributed by atoms with Crippen LogP contribution in [0.1, 0.15) is 12.5 Å². The Bertz CT molecular complexity index is 874. The largest absolute Gasteiger partial charge is 0.452 e. The van der Waals surface area contributed by atoms with Gasteiger partial charge in [0.25, 0.3) is 5.91 Å². The van der Waals surface area contributed by atoms with Crippen LogP contribution in [0.25, 0.3) is 6.08 Å². The number of nitrogens with zero attached hydrogens (tertiary/aromatic N) is 2. The van der Waals surface area contributed by atoms with Gasteiger partial charge in [0, 0.05) is 48.1 Å². The van der Waals surface area contributed by atoms with Crippen molar-refractivity contribution >= 4 is 45.3 Å². The number of anilines is 2. The van der Waals surface area contributed by atoms with E-state index in [0.29, 0.717) is 5.69 Å². The second-order valence-electron chi connectivity index (χ2n) is 7.01. The van der Waals surface area contributed by atoms with E-state index in [0.717, 1.165) is 48.4 Å². The van der Waals surface area contributed by atoms with Crippen molar-refractivity contribution in [2.24, 2.45) is 0 Å². The first-order chi connectivity index (χ1) is 14.5. The maximum absolute atomic E-state index is 12.1. The first-order valence-corrected chi connectivity index (χ1v) is 10.8. The Balaban J connectivity index is 1.42. The van der Waals surface area contributed by atoms with E-state index in [-0.39, 0.29) is 12.5 Å². The van der Waals surface area contributed by atoms with E-state index in [1.54, 1.807) is 6.08 Å². The van der Waals surface area contributed by atoms with E-state index in [4.69, 9.17) is 4.74 Å². The van der Waals surface area contributed by atoms with E-state index in [1.165, 1.54) is 6.08 Å². The van der Waals surface area contributed by atoms with Crippen LogP contribution in [0.15, 0.2) is 59.1 Å². The van der Waals surface area contributed by atoms with Crippen molar-refractivity contribution in [3.05, 3.63) is 64.6 Å². The van der Waals surface area contributed by atoms with Gasteiger partial charge in [0.15, 0.2) is 6.61 Å². The quantitative estimate of drug-likeness (QED) is 0.491. The summed E-state index contributed by atoms with van der Waals surface area (Å²) in [5.41, 5.74) is 2.70. The lowest BCUT2D eigenvalue weighted by atomic mass is 10.2. The van der Waals surface area contributed by atoms with Crippen molar-refractivity contribution in [2.45, 2.75) is 6.92 Å². The number of ether oxygens (including phenoxy) is 1. The zero-order chi connectivity index (χ0) is 21.3. The Hall–Kier alpha value is -2.64. The molecule has 30 heavy (non-hydrogen) atoms. The number of benzene rings is 2. The molecule has 0 bridgehead atoms. The van der Waals surface area contributed by atoms with Gasteiger partial charge in [-0.25, -0.2) is 4.79 Å². The normalized spacial score (nSPS) is 14.7. The lowest BCUT2D eigenvalue weighted by molar-refractivity contribution is -0.142. The van der Waals surface area contributed by atoms with Gasteiger partial charge in [-0.05, 0) is 54.6 Å². The van der Waals surface area contributed by atoms with Crippen LogP contribution in [-0.2, 0) is 14.3 Å². The molecule has 0 aliphatic carbocycles. The smallest absolute Gasteiger partial charge is 0.331 e. The molecule has 0 aromatic heterocycles. The summed E-state index contributed by atoms with van der Waals surface area (Å²) in [5, 5.41) is 2.75. The molecule has 1 fully saturated rings. The Kier molecular flexibility index (Phi) is 8.04. The number of hydrogen-bond acceptors (Lipinski definition) is 5. The molecular formula is C23H26BrN3O3. The summed E-state index contributed by atoms with van der Waals surface area (Å²) >= 11 is 3.36. The highest BCUT2D eigenvalue weighted by Gasteiger charge is 2.15. The molecule has 1 aliphatic rings. The van der Waals surface area contributed by atoms with Gasteiger partial charge in [-0.15, -0.1) is 0 Å². The molecule has 2 aromatic carbocycles. The zero-order valence-electron chi connectivity index (χ0n) is 17.0. The van der Waals surface area contributed by atoms with Gasteiger partial charge >= 0.3 is 5.97 Å². The molecule has 1 amide bonds. The highest BCUT2D eigenvalue weighted by molar-refractivity contribution is 9.10. The maximum Gasteiger partial charge on any atom is 0.331 e. The van der Waals surface area contributed by atoms with Crippen LogP contribution in [0.3, 0.4) is 0 Å². The fourth-order valence-corrected chi connectivity index (χ4v) is 3.46. The van der Waals surface area contributed by atoms with Crippen LogP contribution in [0, 0.1) is 0 Å². The first kappa shape index (κ1) is 22.1. The Morgan fingerprint density at radius 1 is 1.03 bits per heavy atom. The highest BCUT2D eigenvalue weighted by atomic mass is 79.9. The van der Waals surface area contributed by atoms with Crippen LogP contribution >= 0.6 is 15.9 Å². The summed E-state index contributed by atoms with van der Waals surface area (Å²) in [7, 11) is 0. The van der Waals surface area contributed by atoms with Gasteiger partial charge in [-0.1, -0.05) is 35.0 Å². The van der Waals surface area contributed by atoms with Gasteiger partial charge in [0.05, 0.1) is 0 Å². The molecular weight excluding hydrogens is 446 g/mol. The Morgan fingerprint density at radius 3 is 2.33 bits per heavy atom. The monoisotopic (exact) mass is 471 g/mol. The summed E-state index contributed by atoms with van der Waals surface area (Å²) in [5.74, 6) is -0.931. The van der Waals surface area contributed by atoms with Crippen molar-refractivity contribution < 1.29 is 14.3 Å². The second kappa shape index (κ2) is 10.9. The second-order valence-corrected chi connectivity index (χ2v) is 7.92. The molecule has 6 nitrogen and oxygen atoms in total. The molecule has 1 aliphatic heterocycles. The minimum absolute atomic E-state index is 0.329. The number of amides is 1. The predicted molar refractivity (Wildman–Crippen MR) is 124 cm³/mol. The third-order valence-corrected chi connectivity index (χ3v) is 5.49. The third kappa shape index (κ3) is 6.71. The summed E-state index contributed by atoms with van der Waals surface area (Å²) in [6.45, 7) is 7.08. The molecule has 1 N–H and O–H groups in total. The van der Waals surface area contributed by atoms with Gasteiger partial charge in [0.2, 0.25) is 0 Å². The molecule has 7 heteroatoms. The molecule has 0 unspecified atom stereocenters. The van der Waals surface area contributed by atoms with Gasteiger partial charge in [-0.2, -0.15) is 0 Å². The van der Waals surface area contributed by atoms with E-state index in [9.17, 15) is 9.59 Å². The zero-order valence-corrected chi connectivity index (χ0v) is 18.6. The van der Waals surface area contributed by atoms with E-state index >= 15 is 0 Å². The molecule has 2 aromatic rings. The number of piperazine rings is 1. The summed E-state index contributed by atoms with van der Waals surface area (Å²) < 4.78 is 5.97. The summed E-state index contributed by atoms with van der Waals surface area (Å²) in [6.07, 6.45) is 2.95.